The molecule has 2 heterocycles. The highest BCUT2D eigenvalue weighted by molar-refractivity contribution is 7.10. The van der Waals surface area contributed by atoms with Crippen LogP contribution in [0.4, 0.5) is 0 Å². The molecular formula is C18H17NO3S. The Morgan fingerprint density at radius 3 is 2.83 bits per heavy atom. The first kappa shape index (κ1) is 15.5. The zero-order valence-corrected chi connectivity index (χ0v) is 13.6. The third kappa shape index (κ3) is 3.35. The number of nitrogens with one attached hydrogen (secondary N) is 1. The van der Waals surface area contributed by atoms with Crippen molar-refractivity contribution in [3.63, 3.8) is 0 Å². The normalized spacial score (nSPS) is 10.8. The second-order valence-electron chi connectivity index (χ2n) is 5.24. The Morgan fingerprint density at radius 2 is 2.09 bits per heavy atom. The highest BCUT2D eigenvalue weighted by atomic mass is 32.1. The molecule has 0 atom stereocenters. The molecule has 1 N–H and O–H groups in total. The van der Waals surface area contributed by atoms with Gasteiger partial charge in [-0.3, -0.25) is 9.59 Å². The Bertz CT molecular complexity index is 833. The molecule has 0 fully saturated rings. The first-order valence-electron chi connectivity index (χ1n) is 7.49. The van der Waals surface area contributed by atoms with Gasteiger partial charge in [0, 0.05) is 27.5 Å². The van der Waals surface area contributed by atoms with E-state index in [0.717, 1.165) is 27.8 Å². The van der Waals surface area contributed by atoms with Crippen molar-refractivity contribution in [3.8, 4) is 0 Å². The van der Waals surface area contributed by atoms with Crippen LogP contribution in [0.5, 0.6) is 0 Å². The maximum absolute atomic E-state index is 12.3. The Kier molecular flexibility index (Phi) is 4.57. The van der Waals surface area contributed by atoms with Crippen LogP contribution in [0.2, 0.25) is 0 Å². The molecule has 118 valence electrons. The first-order chi connectivity index (χ1) is 11.2. The predicted molar refractivity (Wildman–Crippen MR) is 91.0 cm³/mol. The molecule has 0 aliphatic heterocycles. The summed E-state index contributed by atoms with van der Waals surface area (Å²) in [6.07, 6.45) is 2.79. The molecule has 4 nitrogen and oxygen atoms in total. The maximum atomic E-state index is 12.3. The first-order valence-corrected chi connectivity index (χ1v) is 8.37. The van der Waals surface area contributed by atoms with Crippen LogP contribution < -0.4 is 0 Å². The van der Waals surface area contributed by atoms with E-state index in [0.29, 0.717) is 5.56 Å². The smallest absolute Gasteiger partial charge is 0.311 e. The lowest BCUT2D eigenvalue weighted by atomic mass is 10.1. The van der Waals surface area contributed by atoms with Gasteiger partial charge in [-0.2, -0.15) is 0 Å². The Morgan fingerprint density at radius 1 is 1.22 bits per heavy atom. The van der Waals surface area contributed by atoms with Gasteiger partial charge in [0.2, 0.25) is 5.78 Å². The van der Waals surface area contributed by atoms with Gasteiger partial charge in [-0.25, -0.2) is 0 Å². The Hall–Kier alpha value is -2.40. The largest absolute Gasteiger partial charge is 0.457 e. The maximum Gasteiger partial charge on any atom is 0.311 e. The monoisotopic (exact) mass is 327 g/mol. The fraction of sp³-hybridized carbons (Fsp3) is 0.222. The second-order valence-corrected chi connectivity index (χ2v) is 6.27. The van der Waals surface area contributed by atoms with E-state index in [4.69, 9.17) is 4.74 Å². The molecule has 2 aromatic heterocycles. The van der Waals surface area contributed by atoms with Crippen molar-refractivity contribution in [2.45, 2.75) is 19.8 Å². The van der Waals surface area contributed by atoms with Crippen molar-refractivity contribution in [2.24, 2.45) is 0 Å². The second kappa shape index (κ2) is 6.79. The van der Waals surface area contributed by atoms with E-state index < -0.39 is 0 Å². The van der Waals surface area contributed by atoms with Crippen molar-refractivity contribution < 1.29 is 14.3 Å². The summed E-state index contributed by atoms with van der Waals surface area (Å²) < 4.78 is 5.11. The van der Waals surface area contributed by atoms with Crippen LogP contribution in [-0.4, -0.2) is 23.3 Å². The molecule has 0 spiro atoms. The molecule has 0 aliphatic rings. The van der Waals surface area contributed by atoms with E-state index in [2.05, 4.69) is 11.9 Å². The number of ketones is 1. The molecule has 0 radical (unpaired) electrons. The Balaban J connectivity index is 1.68. The van der Waals surface area contributed by atoms with Crippen LogP contribution >= 0.6 is 11.3 Å². The number of aromatic amines is 1. The third-order valence-electron chi connectivity index (χ3n) is 3.75. The van der Waals surface area contributed by atoms with Crippen molar-refractivity contribution in [2.75, 3.05) is 6.61 Å². The number of aromatic nitrogens is 1. The number of thiophene rings is 1. The standard InChI is InChI=1S/C18H17NO3S/c1-2-12-5-3-7-14-15(10-19-18(12)14)16(20)11-22-17(21)9-13-6-4-8-23-13/h3-8,10,19H,2,9,11H2,1H3. The number of Topliss-reactive ketones (excluding diaryl/α,β-unsaturated/α-hetero) is 1. The number of benzene rings is 1. The summed E-state index contributed by atoms with van der Waals surface area (Å²) >= 11 is 1.50. The van der Waals surface area contributed by atoms with Gasteiger partial charge in [-0.15, -0.1) is 11.3 Å². The highest BCUT2D eigenvalue weighted by Crippen LogP contribution is 2.22. The number of esters is 1. The number of carbonyl (C=O) groups is 2. The van der Waals surface area contributed by atoms with E-state index >= 15 is 0 Å². The highest BCUT2D eigenvalue weighted by Gasteiger charge is 2.15. The summed E-state index contributed by atoms with van der Waals surface area (Å²) in [5, 5.41) is 2.79. The van der Waals surface area contributed by atoms with E-state index in [1.165, 1.54) is 11.3 Å². The molecule has 3 rings (SSSR count). The number of hydrogen-bond donors (Lipinski definition) is 1. The number of ether oxygens (including phenoxy) is 1. The fourth-order valence-electron chi connectivity index (χ4n) is 2.57. The summed E-state index contributed by atoms with van der Waals surface area (Å²) in [6, 6.07) is 9.64. The topological polar surface area (TPSA) is 59.2 Å². The van der Waals surface area contributed by atoms with Gasteiger partial charge in [0.1, 0.15) is 0 Å². The summed E-state index contributed by atoms with van der Waals surface area (Å²) in [5.74, 6) is -0.570. The minimum absolute atomic E-state index is 0.191. The van der Waals surface area contributed by atoms with Crippen LogP contribution in [0.25, 0.3) is 10.9 Å². The van der Waals surface area contributed by atoms with Crippen LogP contribution in [0.3, 0.4) is 0 Å². The van der Waals surface area contributed by atoms with Crippen molar-refractivity contribution in [1.29, 1.82) is 0 Å². The predicted octanol–water partition coefficient (Wildman–Crippen LogP) is 3.76. The van der Waals surface area contributed by atoms with Gasteiger partial charge in [0.05, 0.1) is 6.42 Å². The van der Waals surface area contributed by atoms with Gasteiger partial charge in [0.25, 0.3) is 0 Å². The number of para-hydroxylation sites is 1. The SMILES string of the molecule is CCc1cccc2c(C(=O)COC(=O)Cc3cccs3)c[nH]c12. The summed E-state index contributed by atoms with van der Waals surface area (Å²) in [4.78, 5) is 28.2. The van der Waals surface area contributed by atoms with Crippen LogP contribution in [0, 0.1) is 0 Å². The third-order valence-corrected chi connectivity index (χ3v) is 4.62. The number of hydrogen-bond acceptors (Lipinski definition) is 4. The molecule has 5 heteroatoms. The number of carbonyl (C=O) groups excluding carboxylic acids is 2. The van der Waals surface area contributed by atoms with Crippen LogP contribution in [0.1, 0.15) is 27.7 Å². The summed E-state index contributed by atoms with van der Waals surface area (Å²) in [5.41, 5.74) is 2.71. The van der Waals surface area contributed by atoms with Gasteiger partial charge < -0.3 is 9.72 Å². The van der Waals surface area contributed by atoms with Crippen LogP contribution in [0.15, 0.2) is 41.9 Å². The summed E-state index contributed by atoms with van der Waals surface area (Å²) in [6.45, 7) is 1.84. The average Bonchev–Trinajstić information content (AvgIpc) is 3.21. The molecule has 3 aromatic rings. The van der Waals surface area contributed by atoms with Gasteiger partial charge >= 0.3 is 5.97 Å². The lowest BCUT2D eigenvalue weighted by Crippen LogP contribution is -2.15. The molecule has 0 amide bonds. The lowest BCUT2D eigenvalue weighted by molar-refractivity contribution is -0.141. The molecule has 1 aromatic carbocycles. The molecule has 0 saturated heterocycles. The number of rotatable bonds is 6. The van der Waals surface area contributed by atoms with E-state index in [-0.39, 0.29) is 24.8 Å². The zero-order valence-electron chi connectivity index (χ0n) is 12.8. The van der Waals surface area contributed by atoms with Gasteiger partial charge in [0.15, 0.2) is 6.61 Å². The number of fused-ring (bicyclic) bond motifs is 1. The fourth-order valence-corrected chi connectivity index (χ4v) is 3.26. The van der Waals surface area contributed by atoms with E-state index in [9.17, 15) is 9.59 Å². The minimum Gasteiger partial charge on any atom is -0.457 e. The molecule has 0 unspecified atom stereocenters. The number of aryl methyl sites for hydroxylation is 1. The van der Waals surface area contributed by atoms with Gasteiger partial charge in [-0.05, 0) is 23.4 Å². The lowest BCUT2D eigenvalue weighted by Gasteiger charge is -2.03. The quantitative estimate of drug-likeness (QED) is 0.554. The summed E-state index contributed by atoms with van der Waals surface area (Å²) in [7, 11) is 0. The average molecular weight is 327 g/mol. The molecule has 0 aliphatic carbocycles. The number of H-pyrrole nitrogens is 1. The molecular weight excluding hydrogens is 310 g/mol. The van der Waals surface area contributed by atoms with E-state index in [1.807, 2.05) is 35.7 Å². The van der Waals surface area contributed by atoms with Crippen molar-refractivity contribution in [3.05, 3.63) is 57.9 Å². The molecule has 0 saturated carbocycles. The Labute approximate surface area is 138 Å². The van der Waals surface area contributed by atoms with Crippen molar-refractivity contribution >= 4 is 34.0 Å². The van der Waals surface area contributed by atoms with Crippen LogP contribution in [-0.2, 0) is 22.4 Å². The van der Waals surface area contributed by atoms with E-state index in [1.54, 1.807) is 6.20 Å². The zero-order chi connectivity index (χ0) is 16.2. The van der Waals surface area contributed by atoms with Crippen molar-refractivity contribution in [1.82, 2.24) is 4.98 Å². The minimum atomic E-state index is -0.380. The molecule has 23 heavy (non-hydrogen) atoms. The molecule has 0 bridgehead atoms. The van der Waals surface area contributed by atoms with Gasteiger partial charge in [-0.1, -0.05) is 31.2 Å².